The highest BCUT2D eigenvalue weighted by molar-refractivity contribution is 4.91. The number of rotatable bonds is 1. The number of piperidine rings is 1. The van der Waals surface area contributed by atoms with Gasteiger partial charge in [-0.2, -0.15) is 0 Å². The lowest BCUT2D eigenvalue weighted by Crippen LogP contribution is -2.44. The summed E-state index contributed by atoms with van der Waals surface area (Å²) < 4.78 is 7.70. The van der Waals surface area contributed by atoms with Gasteiger partial charge in [0.05, 0.1) is 0 Å². The minimum absolute atomic E-state index is 0.520. The van der Waals surface area contributed by atoms with Crippen molar-refractivity contribution in [2.45, 2.75) is 32.4 Å². The van der Waals surface area contributed by atoms with Crippen LogP contribution in [0.3, 0.4) is 0 Å². The summed E-state index contributed by atoms with van der Waals surface area (Å²) in [5, 5.41) is 1.78. The van der Waals surface area contributed by atoms with Gasteiger partial charge in [-0.15, -0.1) is 0 Å². The molecule has 0 aliphatic carbocycles. The van der Waals surface area contributed by atoms with Crippen LogP contribution in [0.5, 0.6) is 0 Å². The molecule has 0 saturated carbocycles. The molecule has 2 unspecified atom stereocenters. The topological polar surface area (TPSA) is 15.3 Å². The molecule has 2 bridgehead atoms. The van der Waals surface area contributed by atoms with Gasteiger partial charge in [-0.1, -0.05) is 0 Å². The Labute approximate surface area is 70.4 Å². The van der Waals surface area contributed by atoms with Gasteiger partial charge in [0, 0.05) is 25.2 Å². The summed E-state index contributed by atoms with van der Waals surface area (Å²) in [5.74, 6) is 0.767. The van der Waals surface area contributed by atoms with E-state index in [1.807, 2.05) is 0 Å². The molecule has 0 amide bonds. The minimum atomic E-state index is 0.520. The van der Waals surface area contributed by atoms with Crippen molar-refractivity contribution in [1.82, 2.24) is 10.2 Å². The number of fused-ring (bicyclic) bond motifs is 2. The van der Waals surface area contributed by atoms with Gasteiger partial charge >= 0.3 is 0 Å². The van der Waals surface area contributed by atoms with Crippen LogP contribution in [0.1, 0.15) is 20.3 Å². The van der Waals surface area contributed by atoms with E-state index in [0.717, 1.165) is 19.0 Å². The van der Waals surface area contributed by atoms with Crippen LogP contribution in [0, 0.1) is 5.92 Å². The van der Waals surface area contributed by atoms with Crippen molar-refractivity contribution in [3.8, 4) is 0 Å². The fourth-order valence-electron chi connectivity index (χ4n) is 2.20. The van der Waals surface area contributed by atoms with E-state index in [1.54, 1.807) is 5.31 Å². The van der Waals surface area contributed by atoms with Gasteiger partial charge in [0.15, 0.2) is 0 Å². The first-order valence-electron chi connectivity index (χ1n) is 5.11. The molecule has 2 aliphatic heterocycles. The Balaban J connectivity index is 2.01. The predicted octanol–water partition coefficient (Wildman–Crippen LogP) is 0.688. The van der Waals surface area contributed by atoms with Crippen molar-refractivity contribution in [3.63, 3.8) is 0 Å². The standard InChI is InChI=1S/C9H18N2/c1-7(2)11-5-8-3-9(6-11)10-4-8/h7-10H,3-6H2,1-2H3/i/hD. The van der Waals surface area contributed by atoms with E-state index in [4.69, 9.17) is 1.41 Å². The normalized spacial score (nSPS) is 41.5. The molecule has 2 heteroatoms. The molecule has 0 spiro atoms. The maximum Gasteiger partial charge on any atom is 0.123 e. The zero-order valence-corrected chi connectivity index (χ0v) is 7.45. The van der Waals surface area contributed by atoms with Crippen molar-refractivity contribution in [3.05, 3.63) is 0 Å². The van der Waals surface area contributed by atoms with Gasteiger partial charge in [0.1, 0.15) is 1.41 Å². The zero-order valence-electron chi connectivity index (χ0n) is 8.45. The summed E-state index contributed by atoms with van der Waals surface area (Å²) in [7, 11) is 0. The SMILES string of the molecule is [2H]N1CC2CC1CN(C(C)C)C2. The van der Waals surface area contributed by atoms with Gasteiger partial charge in [-0.05, 0) is 32.7 Å². The quantitative estimate of drug-likeness (QED) is 0.599. The number of nitrogens with zero attached hydrogens (tertiary/aromatic N) is 1. The van der Waals surface area contributed by atoms with Crippen LogP contribution in [-0.2, 0) is 0 Å². The molecule has 1 N–H and O–H groups in total. The molecule has 2 saturated heterocycles. The first kappa shape index (κ1) is 6.44. The molecule has 11 heavy (non-hydrogen) atoms. The maximum absolute atomic E-state index is 7.70. The largest absolute Gasteiger partial charge is 0.312 e. The predicted molar refractivity (Wildman–Crippen MR) is 46.6 cm³/mol. The average Bonchev–Trinajstić information content (AvgIpc) is 2.26. The summed E-state index contributed by atoms with van der Waals surface area (Å²) in [6, 6.07) is 1.17. The van der Waals surface area contributed by atoms with Gasteiger partial charge in [0.25, 0.3) is 0 Å². The Bertz CT molecular complexity index is 170. The minimum Gasteiger partial charge on any atom is -0.312 e. The van der Waals surface area contributed by atoms with Gasteiger partial charge in [-0.25, -0.2) is 0 Å². The summed E-state index contributed by atoms with van der Waals surface area (Å²) in [6.07, 6.45) is 1.26. The highest BCUT2D eigenvalue weighted by Gasteiger charge is 2.32. The first-order chi connectivity index (χ1) is 5.66. The van der Waals surface area contributed by atoms with Crippen LogP contribution in [-0.4, -0.2) is 36.6 Å². The lowest BCUT2D eigenvalue weighted by Gasteiger charge is -2.33. The fraction of sp³-hybridized carbons (Fsp3) is 1.00. The van der Waals surface area contributed by atoms with E-state index in [9.17, 15) is 0 Å². The molecule has 0 aromatic heterocycles. The summed E-state index contributed by atoms with van der Waals surface area (Å²) in [4.78, 5) is 2.51. The Morgan fingerprint density at radius 2 is 2.36 bits per heavy atom. The van der Waals surface area contributed by atoms with E-state index in [0.29, 0.717) is 12.1 Å². The van der Waals surface area contributed by atoms with Crippen LogP contribution in [0.25, 0.3) is 0 Å². The van der Waals surface area contributed by atoms with Crippen LogP contribution in [0.15, 0.2) is 0 Å². The number of hydrogen-bond acceptors (Lipinski definition) is 2. The van der Waals surface area contributed by atoms with Gasteiger partial charge in [0.2, 0.25) is 0 Å². The van der Waals surface area contributed by atoms with Gasteiger partial charge < -0.3 is 5.31 Å². The number of nitrogens with one attached hydrogen (secondary N) is 1. The fourth-order valence-corrected chi connectivity index (χ4v) is 2.20. The van der Waals surface area contributed by atoms with Crippen LogP contribution in [0.4, 0.5) is 0 Å². The third-order valence-electron chi connectivity index (χ3n) is 2.90. The Morgan fingerprint density at radius 3 is 3.00 bits per heavy atom. The first-order valence-corrected chi connectivity index (χ1v) is 4.66. The highest BCUT2D eigenvalue weighted by atomic mass is 15.2. The van der Waals surface area contributed by atoms with E-state index in [2.05, 4.69) is 18.7 Å². The molecule has 0 radical (unpaired) electrons. The molecule has 0 aromatic carbocycles. The van der Waals surface area contributed by atoms with Crippen molar-refractivity contribution >= 4 is 0 Å². The molecule has 2 aliphatic rings. The zero-order chi connectivity index (χ0) is 8.72. The molecule has 2 atom stereocenters. The Hall–Kier alpha value is -0.0800. The van der Waals surface area contributed by atoms with Crippen LogP contribution < -0.4 is 5.31 Å². The Morgan fingerprint density at radius 1 is 1.55 bits per heavy atom. The molecular weight excluding hydrogens is 136 g/mol. The third kappa shape index (κ3) is 1.42. The lowest BCUT2D eigenvalue weighted by molar-refractivity contribution is 0.155. The van der Waals surface area contributed by atoms with Crippen molar-refractivity contribution in [2.24, 2.45) is 5.92 Å². The second-order valence-corrected chi connectivity index (χ2v) is 4.17. The summed E-state index contributed by atoms with van der Waals surface area (Å²) in [6.45, 7) is 7.81. The molecule has 2 heterocycles. The Kier molecular flexibility index (Phi) is 1.61. The van der Waals surface area contributed by atoms with E-state index in [1.165, 1.54) is 13.0 Å². The second kappa shape index (κ2) is 2.76. The van der Waals surface area contributed by atoms with Crippen molar-refractivity contribution in [1.29, 1.82) is 0 Å². The van der Waals surface area contributed by atoms with E-state index in [-0.39, 0.29) is 0 Å². The van der Waals surface area contributed by atoms with Gasteiger partial charge in [-0.3, -0.25) is 4.90 Å². The van der Waals surface area contributed by atoms with Crippen LogP contribution >= 0.6 is 0 Å². The maximum atomic E-state index is 7.70. The van der Waals surface area contributed by atoms with E-state index >= 15 is 0 Å². The molecular formula is C9H18N2. The summed E-state index contributed by atoms with van der Waals surface area (Å²) >= 11 is 0. The highest BCUT2D eigenvalue weighted by Crippen LogP contribution is 2.23. The number of likely N-dealkylation sites (tertiary alicyclic amines) is 1. The summed E-state index contributed by atoms with van der Waals surface area (Å²) in [5.41, 5.74) is 0. The smallest absolute Gasteiger partial charge is 0.123 e. The average molecular weight is 155 g/mol. The lowest BCUT2D eigenvalue weighted by atomic mass is 9.99. The molecule has 2 fully saturated rings. The van der Waals surface area contributed by atoms with Crippen molar-refractivity contribution < 1.29 is 1.41 Å². The second-order valence-electron chi connectivity index (χ2n) is 4.17. The van der Waals surface area contributed by atoms with Crippen LogP contribution in [0.2, 0.25) is 1.41 Å². The molecule has 2 rings (SSSR count). The molecule has 64 valence electrons. The number of hydrogen-bond donors (Lipinski definition) is 1. The van der Waals surface area contributed by atoms with E-state index < -0.39 is 0 Å². The monoisotopic (exact) mass is 155 g/mol. The third-order valence-corrected chi connectivity index (χ3v) is 2.90. The van der Waals surface area contributed by atoms with Crippen molar-refractivity contribution in [2.75, 3.05) is 19.6 Å². The molecule has 0 aromatic rings. The molecule has 2 nitrogen and oxygen atoms in total.